The van der Waals surface area contributed by atoms with Gasteiger partial charge in [-0.2, -0.15) is 0 Å². The molecule has 2 aromatic rings. The molecule has 2 rings (SSSR count). The van der Waals surface area contributed by atoms with E-state index in [1.165, 1.54) is 0 Å². The van der Waals surface area contributed by atoms with Crippen molar-refractivity contribution in [3.8, 4) is 0 Å². The van der Waals surface area contributed by atoms with Gasteiger partial charge in [0.2, 0.25) is 0 Å². The van der Waals surface area contributed by atoms with Crippen LogP contribution in [0.25, 0.3) is 0 Å². The fraction of sp³-hybridized carbons (Fsp3) is 0.400. The third kappa shape index (κ3) is 6.33. The maximum Gasteiger partial charge on any atom is 0.500 e. The molecule has 0 aliphatic rings. The van der Waals surface area contributed by atoms with Crippen LogP contribution in [0.3, 0.4) is 0 Å². The van der Waals surface area contributed by atoms with Crippen LogP contribution in [0.1, 0.15) is 6.42 Å². The number of nitrogens with two attached hydrogens (primary N) is 1. The minimum atomic E-state index is -2.50. The Labute approximate surface area is 171 Å². The van der Waals surface area contributed by atoms with Gasteiger partial charge in [0, 0.05) is 41.6 Å². The van der Waals surface area contributed by atoms with Crippen LogP contribution in [-0.2, 0) is 22.1 Å². The van der Waals surface area contributed by atoms with Crippen LogP contribution in [0.4, 0.5) is 0 Å². The molecule has 156 valence electrons. The highest BCUT2D eigenvalue weighted by Gasteiger charge is 2.40. The van der Waals surface area contributed by atoms with E-state index in [9.17, 15) is 0 Å². The largest absolute Gasteiger partial charge is 0.500 e. The second-order valence-corrected chi connectivity index (χ2v) is 12.2. The molecule has 0 aliphatic carbocycles. The van der Waals surface area contributed by atoms with Crippen molar-refractivity contribution in [2.24, 2.45) is 5.73 Å². The fourth-order valence-electron chi connectivity index (χ4n) is 2.91. The summed E-state index contributed by atoms with van der Waals surface area (Å²) in [5.74, 6) is 0. The Hall–Kier alpha value is -1.37. The van der Waals surface area contributed by atoms with Crippen molar-refractivity contribution < 1.29 is 22.1 Å². The summed E-state index contributed by atoms with van der Waals surface area (Å²) in [5.41, 5.74) is 5.36. The van der Waals surface area contributed by atoms with E-state index < -0.39 is 17.4 Å². The molecule has 28 heavy (non-hydrogen) atoms. The number of rotatable bonds is 10. The first-order valence-corrected chi connectivity index (χ1v) is 12.9. The van der Waals surface area contributed by atoms with Gasteiger partial charge in [-0.15, -0.1) is 0 Å². The first-order chi connectivity index (χ1) is 13.6. The highest BCUT2D eigenvalue weighted by Crippen LogP contribution is 2.13. The molecule has 0 unspecified atom stereocenters. The summed E-state index contributed by atoms with van der Waals surface area (Å²) in [5, 5.41) is 2.24. The van der Waals surface area contributed by atoms with E-state index in [0.29, 0.717) is 6.54 Å². The van der Waals surface area contributed by atoms with Gasteiger partial charge in [-0.25, -0.2) is 0 Å². The molecule has 0 radical (unpaired) electrons. The van der Waals surface area contributed by atoms with Crippen LogP contribution in [0.15, 0.2) is 60.7 Å². The van der Waals surface area contributed by atoms with Crippen LogP contribution in [0, 0.1) is 0 Å². The molecular weight excluding hydrogens is 390 g/mol. The van der Waals surface area contributed by atoms with Gasteiger partial charge in [0.15, 0.2) is 0 Å². The topological polar surface area (TPSA) is 72.2 Å². The van der Waals surface area contributed by atoms with Gasteiger partial charge in [-0.1, -0.05) is 60.7 Å². The predicted octanol–water partition coefficient (Wildman–Crippen LogP) is 1.75. The third-order valence-electron chi connectivity index (χ3n) is 4.50. The normalized spacial score (nSPS) is 11.6. The minimum absolute atomic E-state index is 0.644. The molecule has 8 heteroatoms. The van der Waals surface area contributed by atoms with Gasteiger partial charge in [0.1, 0.15) is 0 Å². The lowest BCUT2D eigenvalue weighted by molar-refractivity contribution is 0.123. The van der Waals surface area contributed by atoms with Gasteiger partial charge in [-0.05, 0) is 23.3 Å². The van der Waals surface area contributed by atoms with E-state index >= 15 is 0 Å². The molecule has 2 N–H and O–H groups in total. The first-order valence-electron chi connectivity index (χ1n) is 9.15. The zero-order chi connectivity index (χ0) is 20.9. The van der Waals surface area contributed by atoms with Crippen LogP contribution in [-0.4, -0.2) is 59.5 Å². The van der Waals surface area contributed by atoms with Crippen molar-refractivity contribution in [3.63, 3.8) is 0 Å². The predicted molar refractivity (Wildman–Crippen MR) is 117 cm³/mol. The Kier molecular flexibility index (Phi) is 11.4. The summed E-state index contributed by atoms with van der Waals surface area (Å²) < 4.78 is 27.1. The van der Waals surface area contributed by atoms with Crippen molar-refractivity contribution >= 4 is 27.7 Å². The molecule has 0 spiro atoms. The van der Waals surface area contributed by atoms with Gasteiger partial charge in [-0.3, -0.25) is 0 Å². The number of hydrogen-bond donors (Lipinski definition) is 1. The summed E-state index contributed by atoms with van der Waals surface area (Å²) in [6.07, 6.45) is 0.877. The van der Waals surface area contributed by atoms with Crippen molar-refractivity contribution in [2.45, 2.75) is 12.5 Å². The zero-order valence-electron chi connectivity index (χ0n) is 17.5. The maximum absolute atomic E-state index is 5.78. The second-order valence-electron chi connectivity index (χ2n) is 5.94. The molecule has 0 bridgehead atoms. The molecule has 0 atom stereocenters. The molecule has 6 nitrogen and oxygen atoms in total. The van der Waals surface area contributed by atoms with E-state index in [2.05, 4.69) is 24.3 Å². The molecule has 0 amide bonds. The van der Waals surface area contributed by atoms with Crippen molar-refractivity contribution in [3.05, 3.63) is 60.7 Å². The Bertz CT molecular complexity index is 588. The lowest BCUT2D eigenvalue weighted by Gasteiger charge is -2.27. The van der Waals surface area contributed by atoms with Gasteiger partial charge in [0.25, 0.3) is 0 Å². The molecule has 0 saturated carbocycles. The summed E-state index contributed by atoms with van der Waals surface area (Å²) in [4.78, 5) is 0. The monoisotopic (exact) mass is 423 g/mol. The highest BCUT2D eigenvalue weighted by molar-refractivity contribution is 6.92. The first kappa shape index (κ1) is 24.7. The smallest absolute Gasteiger partial charge is 0.391 e. The van der Waals surface area contributed by atoms with E-state index in [0.717, 1.165) is 22.8 Å². The fourth-order valence-corrected chi connectivity index (χ4v) is 7.37. The number of benzene rings is 2. The van der Waals surface area contributed by atoms with Crippen LogP contribution >= 0.6 is 0 Å². The Balaban J connectivity index is 0.000000311. The SMILES string of the molecule is CO[Si](CCCN)(OC)OC.CO[Si](OC)(c1ccccc1)c1ccccc1. The summed E-state index contributed by atoms with van der Waals surface area (Å²) in [6.45, 7) is 0.644. The summed E-state index contributed by atoms with van der Waals surface area (Å²) in [6, 6.07) is 21.1. The Morgan fingerprint density at radius 1 is 0.643 bits per heavy atom. The Morgan fingerprint density at radius 3 is 1.32 bits per heavy atom. The van der Waals surface area contributed by atoms with Crippen LogP contribution in [0.2, 0.25) is 6.04 Å². The summed E-state index contributed by atoms with van der Waals surface area (Å²) >= 11 is 0. The Morgan fingerprint density at radius 2 is 1.04 bits per heavy atom. The van der Waals surface area contributed by atoms with E-state index in [-0.39, 0.29) is 0 Å². The summed E-state index contributed by atoms with van der Waals surface area (Å²) in [7, 11) is 3.44. The van der Waals surface area contributed by atoms with E-state index in [1.54, 1.807) is 35.5 Å². The van der Waals surface area contributed by atoms with Crippen LogP contribution < -0.4 is 16.1 Å². The zero-order valence-corrected chi connectivity index (χ0v) is 19.5. The molecule has 0 heterocycles. The quantitative estimate of drug-likeness (QED) is 0.587. The average Bonchev–Trinajstić information content (AvgIpc) is 2.78. The second kappa shape index (κ2) is 13.0. The van der Waals surface area contributed by atoms with Gasteiger partial charge < -0.3 is 27.9 Å². The minimum Gasteiger partial charge on any atom is -0.391 e. The molecule has 0 aliphatic heterocycles. The van der Waals surface area contributed by atoms with Gasteiger partial charge in [0.05, 0.1) is 0 Å². The highest BCUT2D eigenvalue weighted by atomic mass is 28.4. The molecule has 0 saturated heterocycles. The standard InChI is InChI=1S/C14H16O2Si.C6H17NO3Si/c1-15-17(16-2,13-9-5-3-6-10-13)14-11-7-4-8-12-14;1-8-11(9-2,10-3)6-4-5-7/h3-12H,1-2H3;4-7H2,1-3H3. The van der Waals surface area contributed by atoms with Crippen molar-refractivity contribution in [2.75, 3.05) is 42.1 Å². The molecular formula is C20H33NO5Si2. The maximum atomic E-state index is 5.78. The van der Waals surface area contributed by atoms with Crippen molar-refractivity contribution in [1.29, 1.82) is 0 Å². The molecule has 2 aromatic carbocycles. The molecule has 0 fully saturated rings. The van der Waals surface area contributed by atoms with E-state index in [4.69, 9.17) is 27.9 Å². The van der Waals surface area contributed by atoms with E-state index in [1.807, 2.05) is 36.4 Å². The van der Waals surface area contributed by atoms with Gasteiger partial charge >= 0.3 is 17.4 Å². The third-order valence-corrected chi connectivity index (χ3v) is 10.7. The van der Waals surface area contributed by atoms with Crippen LogP contribution in [0.5, 0.6) is 0 Å². The average molecular weight is 424 g/mol. The van der Waals surface area contributed by atoms with Crippen molar-refractivity contribution in [1.82, 2.24) is 0 Å². The lowest BCUT2D eigenvalue weighted by atomic mass is 10.4. The lowest BCUT2D eigenvalue weighted by Crippen LogP contribution is -2.62. The number of hydrogen-bond acceptors (Lipinski definition) is 6. The molecule has 0 aromatic heterocycles.